The van der Waals surface area contributed by atoms with Crippen molar-refractivity contribution in [3.05, 3.63) is 47.7 Å². The van der Waals surface area contributed by atoms with E-state index < -0.39 is 23.4 Å². The van der Waals surface area contributed by atoms with Crippen molar-refractivity contribution >= 4 is 23.7 Å². The third-order valence-electron chi connectivity index (χ3n) is 4.19. The Hall–Kier alpha value is -3.16. The molecule has 1 fully saturated rings. The Labute approximate surface area is 144 Å². The van der Waals surface area contributed by atoms with Gasteiger partial charge < -0.3 is 10.6 Å². The van der Waals surface area contributed by atoms with Gasteiger partial charge in [-0.3, -0.25) is 19.2 Å². The minimum absolute atomic E-state index is 0.362. The number of hydrogen-bond acceptors (Lipinski definition) is 4. The van der Waals surface area contributed by atoms with Crippen LogP contribution >= 0.6 is 0 Å². The number of anilines is 1. The van der Waals surface area contributed by atoms with Crippen molar-refractivity contribution in [1.82, 2.24) is 20.0 Å². The molecule has 8 nitrogen and oxygen atoms in total. The van der Waals surface area contributed by atoms with E-state index in [9.17, 15) is 14.4 Å². The highest BCUT2D eigenvalue weighted by Gasteiger charge is 2.49. The standard InChI is InChI=1S/C17H19N5O3/c1-11-4-6-12(7-5-11)17(2)15(24)22(16(25)19-17)10-14(23)18-13-8-9-21(3)20-13/h4-9H,10H2,1-3H3,(H,19,25)(H,18,20,23). The fourth-order valence-corrected chi connectivity index (χ4v) is 2.73. The lowest BCUT2D eigenvalue weighted by atomic mass is 9.91. The van der Waals surface area contributed by atoms with E-state index in [1.165, 1.54) is 4.68 Å². The van der Waals surface area contributed by atoms with E-state index in [0.717, 1.165) is 10.5 Å². The molecule has 1 aromatic heterocycles. The SMILES string of the molecule is Cc1ccc(C2(C)NC(=O)N(CC(=O)Nc3ccn(C)n3)C2=O)cc1. The number of amides is 4. The Morgan fingerprint density at radius 2 is 1.92 bits per heavy atom. The van der Waals surface area contributed by atoms with Crippen LogP contribution in [-0.2, 0) is 22.2 Å². The molecule has 1 unspecified atom stereocenters. The third-order valence-corrected chi connectivity index (χ3v) is 4.19. The maximum Gasteiger partial charge on any atom is 0.325 e. The number of hydrogen-bond donors (Lipinski definition) is 2. The lowest BCUT2D eigenvalue weighted by Crippen LogP contribution is -2.42. The zero-order valence-corrected chi connectivity index (χ0v) is 14.2. The largest absolute Gasteiger partial charge is 0.325 e. The van der Waals surface area contributed by atoms with Crippen molar-refractivity contribution in [3.63, 3.8) is 0 Å². The van der Waals surface area contributed by atoms with Gasteiger partial charge in [0.1, 0.15) is 12.1 Å². The van der Waals surface area contributed by atoms with Crippen LogP contribution in [0.4, 0.5) is 10.6 Å². The van der Waals surface area contributed by atoms with Gasteiger partial charge >= 0.3 is 6.03 Å². The molecule has 0 radical (unpaired) electrons. The predicted molar refractivity (Wildman–Crippen MR) is 90.6 cm³/mol. The number of urea groups is 1. The van der Waals surface area contributed by atoms with E-state index >= 15 is 0 Å². The summed E-state index contributed by atoms with van der Waals surface area (Å²) in [5.74, 6) is -0.589. The Kier molecular flexibility index (Phi) is 4.03. The number of rotatable bonds is 4. The number of benzene rings is 1. The first-order valence-corrected chi connectivity index (χ1v) is 7.80. The Morgan fingerprint density at radius 3 is 2.52 bits per heavy atom. The zero-order valence-electron chi connectivity index (χ0n) is 14.2. The predicted octanol–water partition coefficient (Wildman–Crippen LogP) is 1.13. The van der Waals surface area contributed by atoms with E-state index in [1.54, 1.807) is 38.4 Å². The lowest BCUT2D eigenvalue weighted by molar-refractivity contribution is -0.133. The van der Waals surface area contributed by atoms with Crippen LogP contribution in [0.5, 0.6) is 0 Å². The van der Waals surface area contributed by atoms with Crippen molar-refractivity contribution in [2.45, 2.75) is 19.4 Å². The summed E-state index contributed by atoms with van der Waals surface area (Å²) in [5.41, 5.74) is 0.538. The number of carbonyl (C=O) groups is 3. The van der Waals surface area contributed by atoms with Gasteiger partial charge in [0.25, 0.3) is 5.91 Å². The molecule has 0 saturated carbocycles. The molecule has 0 aliphatic carbocycles. The average molecular weight is 341 g/mol. The minimum Gasteiger partial charge on any atom is -0.319 e. The first-order valence-electron chi connectivity index (χ1n) is 7.80. The van der Waals surface area contributed by atoms with Gasteiger partial charge in [-0.2, -0.15) is 5.10 Å². The van der Waals surface area contributed by atoms with E-state index in [4.69, 9.17) is 0 Å². The summed E-state index contributed by atoms with van der Waals surface area (Å²) in [4.78, 5) is 38.0. The van der Waals surface area contributed by atoms with Gasteiger partial charge in [-0.1, -0.05) is 29.8 Å². The molecule has 2 N–H and O–H groups in total. The molecule has 8 heteroatoms. The summed E-state index contributed by atoms with van der Waals surface area (Å²) in [5, 5.41) is 9.27. The van der Waals surface area contributed by atoms with Gasteiger partial charge in [0.15, 0.2) is 5.82 Å². The summed E-state index contributed by atoms with van der Waals surface area (Å²) in [7, 11) is 1.72. The number of aryl methyl sites for hydroxylation is 2. The third kappa shape index (κ3) is 3.10. The van der Waals surface area contributed by atoms with Gasteiger partial charge in [-0.05, 0) is 19.4 Å². The normalized spacial score (nSPS) is 19.9. The minimum atomic E-state index is -1.18. The molecule has 4 amide bonds. The van der Waals surface area contributed by atoms with Crippen LogP contribution in [0.3, 0.4) is 0 Å². The van der Waals surface area contributed by atoms with Crippen LogP contribution in [0, 0.1) is 6.92 Å². The highest BCUT2D eigenvalue weighted by molar-refractivity contribution is 6.10. The molecule has 1 aliphatic heterocycles. The fraction of sp³-hybridized carbons (Fsp3) is 0.294. The van der Waals surface area contributed by atoms with E-state index in [0.29, 0.717) is 11.4 Å². The van der Waals surface area contributed by atoms with E-state index in [-0.39, 0.29) is 6.54 Å². The van der Waals surface area contributed by atoms with Crippen LogP contribution in [0.15, 0.2) is 36.5 Å². The smallest absolute Gasteiger partial charge is 0.319 e. The van der Waals surface area contributed by atoms with Crippen LogP contribution < -0.4 is 10.6 Å². The highest BCUT2D eigenvalue weighted by Crippen LogP contribution is 2.28. The summed E-state index contributed by atoms with van der Waals surface area (Å²) in [6.45, 7) is 3.20. The Morgan fingerprint density at radius 1 is 1.24 bits per heavy atom. The second-order valence-corrected chi connectivity index (χ2v) is 6.24. The lowest BCUT2D eigenvalue weighted by Gasteiger charge is -2.22. The van der Waals surface area contributed by atoms with Crippen molar-refractivity contribution in [2.24, 2.45) is 7.05 Å². The summed E-state index contributed by atoms with van der Waals surface area (Å²) in [6, 6.07) is 8.37. The molecule has 3 rings (SSSR count). The molecule has 1 aliphatic rings. The summed E-state index contributed by atoms with van der Waals surface area (Å²) >= 11 is 0. The van der Waals surface area contributed by atoms with Gasteiger partial charge in [0, 0.05) is 19.3 Å². The molecule has 1 saturated heterocycles. The molecule has 25 heavy (non-hydrogen) atoms. The maximum atomic E-state index is 12.8. The number of nitrogens with one attached hydrogen (secondary N) is 2. The van der Waals surface area contributed by atoms with Crippen molar-refractivity contribution in [3.8, 4) is 0 Å². The molecule has 130 valence electrons. The molecule has 0 spiro atoms. The first-order chi connectivity index (χ1) is 11.8. The summed E-state index contributed by atoms with van der Waals surface area (Å²) in [6.07, 6.45) is 1.68. The Balaban J connectivity index is 1.74. The topological polar surface area (TPSA) is 96.3 Å². The van der Waals surface area contributed by atoms with Crippen LogP contribution in [0.1, 0.15) is 18.1 Å². The first kappa shape index (κ1) is 16.7. The highest BCUT2D eigenvalue weighted by atomic mass is 16.2. The van der Waals surface area contributed by atoms with Crippen LogP contribution in [-0.4, -0.2) is 39.1 Å². The summed E-state index contributed by atoms with van der Waals surface area (Å²) < 4.78 is 1.54. The van der Waals surface area contributed by atoms with Crippen molar-refractivity contribution < 1.29 is 14.4 Å². The van der Waals surface area contributed by atoms with E-state index in [2.05, 4.69) is 15.7 Å². The van der Waals surface area contributed by atoms with E-state index in [1.807, 2.05) is 19.1 Å². The molecule has 1 aromatic carbocycles. The van der Waals surface area contributed by atoms with Crippen molar-refractivity contribution in [1.29, 1.82) is 0 Å². The van der Waals surface area contributed by atoms with Gasteiger partial charge in [0.05, 0.1) is 0 Å². The number of nitrogens with zero attached hydrogens (tertiary/aromatic N) is 3. The van der Waals surface area contributed by atoms with Crippen molar-refractivity contribution in [2.75, 3.05) is 11.9 Å². The molecular formula is C17H19N5O3. The second kappa shape index (κ2) is 6.04. The second-order valence-electron chi connectivity index (χ2n) is 6.24. The quantitative estimate of drug-likeness (QED) is 0.815. The average Bonchev–Trinajstić information content (AvgIpc) is 3.05. The van der Waals surface area contributed by atoms with Gasteiger partial charge in [-0.25, -0.2) is 4.79 Å². The van der Waals surface area contributed by atoms with Gasteiger partial charge in [0.2, 0.25) is 5.91 Å². The van der Waals surface area contributed by atoms with Crippen LogP contribution in [0.2, 0.25) is 0 Å². The molecular weight excluding hydrogens is 322 g/mol. The number of carbonyl (C=O) groups excluding carboxylic acids is 3. The number of aromatic nitrogens is 2. The Bertz CT molecular complexity index is 842. The van der Waals surface area contributed by atoms with Gasteiger partial charge in [-0.15, -0.1) is 0 Å². The number of imide groups is 1. The molecule has 0 bridgehead atoms. The molecule has 2 aromatic rings. The monoisotopic (exact) mass is 341 g/mol. The molecule has 1 atom stereocenters. The van der Waals surface area contributed by atoms with Crippen LogP contribution in [0.25, 0.3) is 0 Å². The maximum absolute atomic E-state index is 12.8. The fourth-order valence-electron chi connectivity index (χ4n) is 2.73. The zero-order chi connectivity index (χ0) is 18.2. The molecule has 2 heterocycles.